The molecule has 1 aliphatic rings. The van der Waals surface area contributed by atoms with Gasteiger partial charge in [-0.15, -0.1) is 0 Å². The average Bonchev–Trinajstić information content (AvgIpc) is 3.06. The fourth-order valence-corrected chi connectivity index (χ4v) is 3.04. The molecule has 0 saturated carbocycles. The highest BCUT2D eigenvalue weighted by Crippen LogP contribution is 2.17. The second kappa shape index (κ2) is 7.17. The predicted octanol–water partition coefficient (Wildman–Crippen LogP) is 1.66. The zero-order valence-corrected chi connectivity index (χ0v) is 14.7. The molecule has 0 spiro atoms. The summed E-state index contributed by atoms with van der Waals surface area (Å²) in [7, 11) is 0. The van der Waals surface area contributed by atoms with Crippen LogP contribution in [0.5, 0.6) is 0 Å². The van der Waals surface area contributed by atoms with Crippen LogP contribution in [0.4, 0.5) is 11.8 Å². The van der Waals surface area contributed by atoms with Gasteiger partial charge in [-0.2, -0.15) is 4.98 Å². The van der Waals surface area contributed by atoms with Crippen molar-refractivity contribution in [1.29, 1.82) is 0 Å². The highest BCUT2D eigenvalue weighted by molar-refractivity contribution is 5.75. The van der Waals surface area contributed by atoms with E-state index in [0.717, 1.165) is 53.6 Å². The molecule has 0 aliphatic carbocycles. The summed E-state index contributed by atoms with van der Waals surface area (Å²) in [5.74, 6) is 1.56. The van der Waals surface area contributed by atoms with Gasteiger partial charge in [0.05, 0.1) is 24.2 Å². The Kier molecular flexibility index (Phi) is 4.57. The molecule has 4 rings (SSSR count). The Hall–Kier alpha value is -2.87. The maximum Gasteiger partial charge on any atom is 0.323 e. The van der Waals surface area contributed by atoms with E-state index in [9.17, 15) is 4.79 Å². The number of aromatic amines is 2. The number of rotatable bonds is 5. The van der Waals surface area contributed by atoms with Crippen LogP contribution in [0.1, 0.15) is 18.2 Å². The fourth-order valence-electron chi connectivity index (χ4n) is 3.04. The Balaban J connectivity index is 1.53. The van der Waals surface area contributed by atoms with Crippen molar-refractivity contribution < 1.29 is 4.74 Å². The lowest BCUT2D eigenvalue weighted by Crippen LogP contribution is -2.37. The van der Waals surface area contributed by atoms with Crippen molar-refractivity contribution in [3.05, 3.63) is 46.0 Å². The Bertz CT molecular complexity index is 958. The molecule has 0 radical (unpaired) electrons. The summed E-state index contributed by atoms with van der Waals surface area (Å²) in [6, 6.07) is 7.84. The van der Waals surface area contributed by atoms with E-state index in [1.807, 2.05) is 24.3 Å². The van der Waals surface area contributed by atoms with Crippen molar-refractivity contribution in [2.24, 2.45) is 0 Å². The number of morpholine rings is 1. The molecule has 0 amide bonds. The summed E-state index contributed by atoms with van der Waals surface area (Å²) in [6.07, 6.45) is 0.852. The second-order valence-corrected chi connectivity index (χ2v) is 6.31. The van der Waals surface area contributed by atoms with Crippen LogP contribution in [0.25, 0.3) is 11.0 Å². The number of nitrogens with zero attached hydrogens (tertiary/aromatic N) is 3. The standard InChI is InChI=1S/C18H22N6O2/c1-2-13-10-16(23-17(20-13)24-5-7-26-8-6-24)19-11-12-3-4-14-15(9-12)22-18(25)21-14/h3-4,9-10H,2,5-8,11H2,1H3,(H,19,20,23)(H2,21,22,25). The van der Waals surface area contributed by atoms with Crippen molar-refractivity contribution in [1.82, 2.24) is 19.9 Å². The zero-order valence-electron chi connectivity index (χ0n) is 14.7. The van der Waals surface area contributed by atoms with Gasteiger partial charge in [-0.05, 0) is 24.1 Å². The predicted molar refractivity (Wildman–Crippen MR) is 101 cm³/mol. The minimum absolute atomic E-state index is 0.191. The van der Waals surface area contributed by atoms with Gasteiger partial charge in [-0.25, -0.2) is 9.78 Å². The normalized spacial score (nSPS) is 14.7. The molecule has 1 aliphatic heterocycles. The summed E-state index contributed by atoms with van der Waals surface area (Å²) >= 11 is 0. The van der Waals surface area contributed by atoms with E-state index < -0.39 is 0 Å². The van der Waals surface area contributed by atoms with Gasteiger partial charge in [-0.3, -0.25) is 0 Å². The first-order valence-corrected chi connectivity index (χ1v) is 8.87. The van der Waals surface area contributed by atoms with Crippen LogP contribution in [0.15, 0.2) is 29.1 Å². The molecular formula is C18H22N6O2. The third-order valence-electron chi connectivity index (χ3n) is 4.48. The van der Waals surface area contributed by atoms with E-state index in [4.69, 9.17) is 4.74 Å². The molecule has 1 saturated heterocycles. The molecule has 26 heavy (non-hydrogen) atoms. The van der Waals surface area contributed by atoms with Crippen LogP contribution < -0.4 is 15.9 Å². The van der Waals surface area contributed by atoms with Crippen LogP contribution in [-0.2, 0) is 17.7 Å². The van der Waals surface area contributed by atoms with Gasteiger partial charge in [0.1, 0.15) is 5.82 Å². The molecule has 3 aromatic rings. The molecular weight excluding hydrogens is 332 g/mol. The lowest BCUT2D eigenvalue weighted by Gasteiger charge is -2.27. The Morgan fingerprint density at radius 3 is 2.77 bits per heavy atom. The number of hydrogen-bond donors (Lipinski definition) is 3. The third kappa shape index (κ3) is 3.55. The molecule has 1 aromatic carbocycles. The van der Waals surface area contributed by atoms with Crippen molar-refractivity contribution in [2.75, 3.05) is 36.5 Å². The minimum Gasteiger partial charge on any atom is -0.378 e. The Morgan fingerprint density at radius 2 is 1.96 bits per heavy atom. The van der Waals surface area contributed by atoms with Crippen LogP contribution in [-0.4, -0.2) is 46.2 Å². The van der Waals surface area contributed by atoms with Crippen LogP contribution in [0, 0.1) is 0 Å². The number of nitrogens with one attached hydrogen (secondary N) is 3. The van der Waals surface area contributed by atoms with Crippen molar-refractivity contribution >= 4 is 22.8 Å². The molecule has 8 nitrogen and oxygen atoms in total. The second-order valence-electron chi connectivity index (χ2n) is 6.31. The zero-order chi connectivity index (χ0) is 17.9. The summed E-state index contributed by atoms with van der Waals surface area (Å²) in [5, 5.41) is 3.38. The summed E-state index contributed by atoms with van der Waals surface area (Å²) in [4.78, 5) is 28.4. The van der Waals surface area contributed by atoms with Crippen LogP contribution >= 0.6 is 0 Å². The van der Waals surface area contributed by atoms with Crippen molar-refractivity contribution in [2.45, 2.75) is 19.9 Å². The number of H-pyrrole nitrogens is 2. The molecule has 0 atom stereocenters. The number of fused-ring (bicyclic) bond motifs is 1. The fraction of sp³-hybridized carbons (Fsp3) is 0.389. The maximum atomic E-state index is 11.4. The van der Waals surface area contributed by atoms with Gasteiger partial charge in [0.25, 0.3) is 0 Å². The number of aryl methyl sites for hydroxylation is 1. The summed E-state index contributed by atoms with van der Waals surface area (Å²) < 4.78 is 5.41. The largest absolute Gasteiger partial charge is 0.378 e. The van der Waals surface area contributed by atoms with Gasteiger partial charge in [0.2, 0.25) is 5.95 Å². The van der Waals surface area contributed by atoms with E-state index in [-0.39, 0.29) is 5.69 Å². The lowest BCUT2D eigenvalue weighted by molar-refractivity contribution is 0.122. The number of aromatic nitrogens is 4. The quantitative estimate of drug-likeness (QED) is 0.644. The lowest BCUT2D eigenvalue weighted by atomic mass is 10.2. The number of benzene rings is 1. The smallest absolute Gasteiger partial charge is 0.323 e. The van der Waals surface area contributed by atoms with Crippen LogP contribution in [0.2, 0.25) is 0 Å². The van der Waals surface area contributed by atoms with Gasteiger partial charge in [0.15, 0.2) is 0 Å². The number of anilines is 2. The Labute approximate surface area is 150 Å². The average molecular weight is 354 g/mol. The van der Waals surface area contributed by atoms with Crippen molar-refractivity contribution in [3.8, 4) is 0 Å². The van der Waals surface area contributed by atoms with Gasteiger partial charge < -0.3 is 24.9 Å². The number of ether oxygens (including phenoxy) is 1. The van der Waals surface area contributed by atoms with Gasteiger partial charge in [0, 0.05) is 31.4 Å². The molecule has 3 heterocycles. The molecule has 8 heteroatoms. The van der Waals surface area contributed by atoms with Crippen LogP contribution in [0.3, 0.4) is 0 Å². The Morgan fingerprint density at radius 1 is 1.15 bits per heavy atom. The van der Waals surface area contributed by atoms with E-state index in [1.54, 1.807) is 0 Å². The molecule has 1 fully saturated rings. The molecule has 3 N–H and O–H groups in total. The molecule has 0 bridgehead atoms. The SMILES string of the molecule is CCc1cc(NCc2ccc3[nH]c(=O)[nH]c3c2)nc(N2CCOCC2)n1. The monoisotopic (exact) mass is 354 g/mol. The van der Waals surface area contributed by atoms with E-state index in [1.165, 1.54) is 0 Å². The third-order valence-corrected chi connectivity index (χ3v) is 4.48. The number of hydrogen-bond acceptors (Lipinski definition) is 6. The topological polar surface area (TPSA) is 98.9 Å². The number of imidazole rings is 1. The van der Waals surface area contributed by atoms with Crippen molar-refractivity contribution in [3.63, 3.8) is 0 Å². The summed E-state index contributed by atoms with van der Waals surface area (Å²) in [6.45, 7) is 5.74. The van der Waals surface area contributed by atoms with Gasteiger partial charge in [-0.1, -0.05) is 13.0 Å². The molecule has 0 unspecified atom stereocenters. The first kappa shape index (κ1) is 16.6. The highest BCUT2D eigenvalue weighted by atomic mass is 16.5. The first-order valence-electron chi connectivity index (χ1n) is 8.87. The minimum atomic E-state index is -0.191. The van der Waals surface area contributed by atoms with E-state index >= 15 is 0 Å². The van der Waals surface area contributed by atoms with E-state index in [0.29, 0.717) is 19.8 Å². The van der Waals surface area contributed by atoms with Gasteiger partial charge >= 0.3 is 5.69 Å². The maximum absolute atomic E-state index is 11.4. The first-order chi connectivity index (χ1) is 12.7. The molecule has 2 aromatic heterocycles. The summed E-state index contributed by atoms with van der Waals surface area (Å²) in [5.41, 5.74) is 3.50. The van der Waals surface area contributed by atoms with E-state index in [2.05, 4.69) is 37.1 Å². The molecule has 136 valence electrons. The highest BCUT2D eigenvalue weighted by Gasteiger charge is 2.15.